The van der Waals surface area contributed by atoms with E-state index in [9.17, 15) is 22.8 Å². The number of alkyl halides is 3. The molecule has 2 aliphatic rings. The van der Waals surface area contributed by atoms with Gasteiger partial charge in [0.15, 0.2) is 0 Å². The van der Waals surface area contributed by atoms with E-state index in [-0.39, 0.29) is 53.8 Å². The molecule has 4 rings (SSSR count). The lowest BCUT2D eigenvalue weighted by Crippen LogP contribution is -2.44. The van der Waals surface area contributed by atoms with Crippen molar-refractivity contribution in [2.45, 2.75) is 77.1 Å². The van der Waals surface area contributed by atoms with Crippen molar-refractivity contribution in [3.8, 4) is 0 Å². The molecule has 0 radical (unpaired) electrons. The van der Waals surface area contributed by atoms with Gasteiger partial charge in [-0.1, -0.05) is 20.3 Å². The van der Waals surface area contributed by atoms with E-state index in [4.69, 9.17) is 0 Å². The lowest BCUT2D eigenvalue weighted by atomic mass is 9.95. The first-order valence-electron chi connectivity index (χ1n) is 14.5. The molecule has 0 bridgehead atoms. The van der Waals surface area contributed by atoms with Gasteiger partial charge in [-0.05, 0) is 88.3 Å². The van der Waals surface area contributed by atoms with Crippen LogP contribution in [0.4, 0.5) is 24.8 Å². The zero-order valence-electron chi connectivity index (χ0n) is 24.3. The van der Waals surface area contributed by atoms with Gasteiger partial charge in [-0.3, -0.25) is 9.59 Å². The number of carbonyl (C=O) groups is 2. The molecule has 2 amide bonds. The van der Waals surface area contributed by atoms with Crippen LogP contribution >= 0.6 is 0 Å². The summed E-state index contributed by atoms with van der Waals surface area (Å²) in [4.78, 5) is 37.6. The SMILES string of the molecule is CC(C)CC(=O)N[C@H]1CCC[C@H]1Cc1nc(Nc2ccc(C(=O)N(C)C3CCN(C)CC3)cc2)ncc1C(F)(F)F. The minimum atomic E-state index is -4.59. The number of halogens is 3. The molecule has 0 unspecified atom stereocenters. The summed E-state index contributed by atoms with van der Waals surface area (Å²) in [6.45, 7) is 5.82. The van der Waals surface area contributed by atoms with Crippen molar-refractivity contribution in [3.05, 3.63) is 47.3 Å². The molecule has 2 aromatic rings. The van der Waals surface area contributed by atoms with Gasteiger partial charge in [-0.2, -0.15) is 13.2 Å². The summed E-state index contributed by atoms with van der Waals surface area (Å²) in [6.07, 6.45) is 0.864. The number of nitrogens with zero attached hydrogens (tertiary/aromatic N) is 4. The van der Waals surface area contributed by atoms with Crippen molar-refractivity contribution >= 4 is 23.5 Å². The molecule has 1 aliphatic heterocycles. The maximum atomic E-state index is 13.9. The minimum absolute atomic E-state index is 0.0499. The third-order valence-corrected chi connectivity index (χ3v) is 8.17. The zero-order valence-corrected chi connectivity index (χ0v) is 24.3. The van der Waals surface area contributed by atoms with Crippen molar-refractivity contribution in [3.63, 3.8) is 0 Å². The highest BCUT2D eigenvalue weighted by molar-refractivity contribution is 5.94. The average Bonchev–Trinajstić information content (AvgIpc) is 3.33. The molecule has 1 aromatic heterocycles. The van der Waals surface area contributed by atoms with E-state index in [1.54, 1.807) is 29.2 Å². The normalized spacial score (nSPS) is 20.3. The number of anilines is 2. The molecule has 8 nitrogen and oxygen atoms in total. The van der Waals surface area contributed by atoms with Crippen LogP contribution in [-0.2, 0) is 17.4 Å². The van der Waals surface area contributed by atoms with Crippen LogP contribution in [0.1, 0.15) is 74.0 Å². The molecule has 1 saturated heterocycles. The van der Waals surface area contributed by atoms with Crippen LogP contribution in [0.5, 0.6) is 0 Å². The zero-order chi connectivity index (χ0) is 29.7. The van der Waals surface area contributed by atoms with Gasteiger partial charge in [0, 0.05) is 43.0 Å². The van der Waals surface area contributed by atoms with Crippen molar-refractivity contribution in [1.82, 2.24) is 25.1 Å². The Balaban J connectivity index is 1.45. The number of nitrogens with one attached hydrogen (secondary N) is 2. The molecule has 1 aromatic carbocycles. The van der Waals surface area contributed by atoms with Crippen molar-refractivity contribution < 1.29 is 22.8 Å². The number of hydrogen-bond donors (Lipinski definition) is 2. The number of aromatic nitrogens is 2. The summed E-state index contributed by atoms with van der Waals surface area (Å²) in [5, 5.41) is 6.01. The molecule has 2 heterocycles. The third-order valence-electron chi connectivity index (χ3n) is 8.17. The summed E-state index contributed by atoms with van der Waals surface area (Å²) in [6, 6.07) is 6.82. The van der Waals surface area contributed by atoms with Crippen LogP contribution in [0.3, 0.4) is 0 Å². The summed E-state index contributed by atoms with van der Waals surface area (Å²) >= 11 is 0. The molecule has 1 saturated carbocycles. The topological polar surface area (TPSA) is 90.5 Å². The molecule has 0 spiro atoms. The second-order valence-electron chi connectivity index (χ2n) is 11.9. The second-order valence-corrected chi connectivity index (χ2v) is 11.9. The lowest BCUT2D eigenvalue weighted by molar-refractivity contribution is -0.138. The fourth-order valence-corrected chi connectivity index (χ4v) is 5.80. The van der Waals surface area contributed by atoms with E-state index in [1.807, 2.05) is 20.9 Å². The number of piperidine rings is 1. The highest BCUT2D eigenvalue weighted by Gasteiger charge is 2.37. The van der Waals surface area contributed by atoms with Gasteiger partial charge < -0.3 is 20.4 Å². The summed E-state index contributed by atoms with van der Waals surface area (Å²) in [7, 11) is 3.90. The van der Waals surface area contributed by atoms with E-state index < -0.39 is 11.7 Å². The number of rotatable bonds is 9. The monoisotopic (exact) mass is 574 g/mol. The highest BCUT2D eigenvalue weighted by Crippen LogP contribution is 2.35. The van der Waals surface area contributed by atoms with Gasteiger partial charge in [-0.15, -0.1) is 0 Å². The quantitative estimate of drug-likeness (QED) is 0.424. The van der Waals surface area contributed by atoms with Gasteiger partial charge in [0.2, 0.25) is 11.9 Å². The number of amides is 2. The molecular weight excluding hydrogens is 533 g/mol. The number of hydrogen-bond acceptors (Lipinski definition) is 6. The van der Waals surface area contributed by atoms with Crippen molar-refractivity contribution in [2.24, 2.45) is 11.8 Å². The van der Waals surface area contributed by atoms with E-state index in [0.29, 0.717) is 17.7 Å². The highest BCUT2D eigenvalue weighted by atomic mass is 19.4. The maximum Gasteiger partial charge on any atom is 0.419 e. The number of carbonyl (C=O) groups excluding carboxylic acids is 2. The van der Waals surface area contributed by atoms with E-state index >= 15 is 0 Å². The smallest absolute Gasteiger partial charge is 0.353 e. The molecule has 11 heteroatoms. The van der Waals surface area contributed by atoms with Gasteiger partial charge in [0.25, 0.3) is 5.91 Å². The van der Waals surface area contributed by atoms with Crippen LogP contribution in [0, 0.1) is 11.8 Å². The fourth-order valence-electron chi connectivity index (χ4n) is 5.80. The van der Waals surface area contributed by atoms with Crippen LogP contribution in [-0.4, -0.2) is 70.9 Å². The summed E-state index contributed by atoms with van der Waals surface area (Å²) in [5.41, 5.74) is 0.156. The van der Waals surface area contributed by atoms with Crippen molar-refractivity contribution in [2.75, 3.05) is 32.5 Å². The second kappa shape index (κ2) is 13.2. The Morgan fingerprint density at radius 2 is 1.78 bits per heavy atom. The Labute approximate surface area is 240 Å². The summed E-state index contributed by atoms with van der Waals surface area (Å²) in [5.74, 6) is -0.0200. The van der Waals surface area contributed by atoms with E-state index in [2.05, 4.69) is 32.5 Å². The van der Waals surface area contributed by atoms with Gasteiger partial charge >= 0.3 is 6.18 Å². The summed E-state index contributed by atoms with van der Waals surface area (Å²) < 4.78 is 41.6. The first-order chi connectivity index (χ1) is 19.4. The fraction of sp³-hybridized carbons (Fsp3) is 0.600. The molecule has 2 atom stereocenters. The number of likely N-dealkylation sites (tertiary alicyclic amines) is 1. The van der Waals surface area contributed by atoms with E-state index in [1.165, 1.54) is 0 Å². The lowest BCUT2D eigenvalue weighted by Gasteiger charge is -2.35. The molecular formula is C30H41F3N6O2. The third kappa shape index (κ3) is 8.18. The molecule has 41 heavy (non-hydrogen) atoms. The minimum Gasteiger partial charge on any atom is -0.353 e. The molecule has 224 valence electrons. The van der Waals surface area contributed by atoms with E-state index in [0.717, 1.165) is 51.4 Å². The average molecular weight is 575 g/mol. The standard InChI is InChI=1S/C30H41F3N6O2/c1-19(2)16-27(40)36-25-7-5-6-21(25)17-26-24(30(31,32)33)18-34-29(37-26)35-22-10-8-20(9-11-22)28(41)39(4)23-12-14-38(3)15-13-23/h8-11,18-19,21,23,25H,5-7,12-17H2,1-4H3,(H,36,40)(H,34,35,37)/t21-,25-/m0/s1. The molecule has 1 aliphatic carbocycles. The van der Waals surface area contributed by atoms with Gasteiger partial charge in [-0.25, -0.2) is 9.97 Å². The van der Waals surface area contributed by atoms with Crippen LogP contribution < -0.4 is 10.6 Å². The first kappa shape index (κ1) is 30.7. The Hall–Kier alpha value is -3.21. The molecule has 2 fully saturated rings. The molecule has 2 N–H and O–H groups in total. The Bertz CT molecular complexity index is 1200. The Morgan fingerprint density at radius 3 is 2.41 bits per heavy atom. The first-order valence-corrected chi connectivity index (χ1v) is 14.5. The Morgan fingerprint density at radius 1 is 1.10 bits per heavy atom. The largest absolute Gasteiger partial charge is 0.419 e. The van der Waals surface area contributed by atoms with Crippen LogP contribution in [0.2, 0.25) is 0 Å². The van der Waals surface area contributed by atoms with Crippen molar-refractivity contribution in [1.29, 1.82) is 0 Å². The predicted molar refractivity (Wildman–Crippen MR) is 152 cm³/mol. The maximum absolute atomic E-state index is 13.9. The predicted octanol–water partition coefficient (Wildman–Crippen LogP) is 5.28. The number of benzene rings is 1. The van der Waals surface area contributed by atoms with Gasteiger partial charge in [0.1, 0.15) is 0 Å². The van der Waals surface area contributed by atoms with Crippen LogP contribution in [0.15, 0.2) is 30.5 Å². The Kier molecular flexibility index (Phi) is 9.88. The van der Waals surface area contributed by atoms with Crippen LogP contribution in [0.25, 0.3) is 0 Å². The van der Waals surface area contributed by atoms with Gasteiger partial charge in [0.05, 0.1) is 11.3 Å².